The molecule has 0 bridgehead atoms. The number of hydrogen-bond acceptors (Lipinski definition) is 5. The fourth-order valence-electron chi connectivity index (χ4n) is 4.27. The molecule has 0 spiro atoms. The van der Waals surface area contributed by atoms with Crippen molar-refractivity contribution >= 4 is 5.91 Å². The van der Waals surface area contributed by atoms with Crippen LogP contribution in [-0.4, -0.2) is 60.0 Å². The van der Waals surface area contributed by atoms with Crippen molar-refractivity contribution in [1.29, 1.82) is 0 Å². The maximum absolute atomic E-state index is 13.2. The summed E-state index contributed by atoms with van der Waals surface area (Å²) in [5, 5.41) is 8.36. The van der Waals surface area contributed by atoms with Gasteiger partial charge in [-0.05, 0) is 37.0 Å². The topological polar surface area (TPSA) is 68.6 Å². The van der Waals surface area contributed by atoms with Crippen molar-refractivity contribution in [3.05, 3.63) is 59.4 Å². The monoisotopic (exact) mass is 410 g/mol. The molecule has 4 rings (SSSR count). The second-order valence-electron chi connectivity index (χ2n) is 7.82. The number of morpholine rings is 1. The van der Waals surface area contributed by atoms with Gasteiger partial charge in [0.15, 0.2) is 5.69 Å². The molecular weight excluding hydrogens is 380 g/mol. The zero-order valence-corrected chi connectivity index (χ0v) is 17.6. The number of benzene rings is 1. The third-order valence-electron chi connectivity index (χ3n) is 5.88. The van der Waals surface area contributed by atoms with Gasteiger partial charge >= 0.3 is 0 Å². The van der Waals surface area contributed by atoms with Crippen LogP contribution in [0.1, 0.15) is 33.7 Å². The van der Waals surface area contributed by atoms with Gasteiger partial charge in [-0.15, -0.1) is 6.58 Å². The van der Waals surface area contributed by atoms with E-state index in [4.69, 9.17) is 14.6 Å². The van der Waals surface area contributed by atoms with E-state index in [9.17, 15) is 4.79 Å². The lowest BCUT2D eigenvalue weighted by Gasteiger charge is -2.28. The first-order valence-electron chi connectivity index (χ1n) is 10.6. The van der Waals surface area contributed by atoms with E-state index in [0.717, 1.165) is 37.1 Å². The van der Waals surface area contributed by atoms with Crippen molar-refractivity contribution in [2.24, 2.45) is 0 Å². The van der Waals surface area contributed by atoms with Crippen LogP contribution in [0.25, 0.3) is 0 Å². The Bertz CT molecular complexity index is 902. The number of carbonyl (C=O) groups is 1. The molecule has 1 aliphatic carbocycles. The van der Waals surface area contributed by atoms with Crippen molar-refractivity contribution in [2.45, 2.75) is 38.4 Å². The molecule has 1 aromatic heterocycles. The molecule has 1 amide bonds. The molecular formula is C23H30N4O3. The van der Waals surface area contributed by atoms with Gasteiger partial charge in [-0.3, -0.25) is 9.48 Å². The van der Waals surface area contributed by atoms with Gasteiger partial charge in [0.2, 0.25) is 0 Å². The van der Waals surface area contributed by atoms with Crippen molar-refractivity contribution < 1.29 is 14.3 Å². The van der Waals surface area contributed by atoms with E-state index in [1.807, 2.05) is 27.8 Å². The number of carbonyl (C=O) groups excluding carboxylic acids is 1. The predicted molar refractivity (Wildman–Crippen MR) is 115 cm³/mol. The van der Waals surface area contributed by atoms with Gasteiger partial charge in [0, 0.05) is 36.9 Å². The summed E-state index contributed by atoms with van der Waals surface area (Å²) in [6, 6.07) is 8.42. The van der Waals surface area contributed by atoms with Gasteiger partial charge in [0.25, 0.3) is 5.91 Å². The van der Waals surface area contributed by atoms with Gasteiger partial charge < -0.3 is 19.7 Å². The van der Waals surface area contributed by atoms with Gasteiger partial charge in [0.1, 0.15) is 5.75 Å². The minimum atomic E-state index is 0.0193. The molecule has 1 atom stereocenters. The summed E-state index contributed by atoms with van der Waals surface area (Å²) in [4.78, 5) is 15.0. The molecule has 1 saturated heterocycles. The van der Waals surface area contributed by atoms with E-state index in [0.29, 0.717) is 44.6 Å². The van der Waals surface area contributed by atoms with Crippen LogP contribution >= 0.6 is 0 Å². The molecule has 2 heterocycles. The van der Waals surface area contributed by atoms with Crippen molar-refractivity contribution in [3.8, 4) is 5.75 Å². The van der Waals surface area contributed by atoms with Crippen LogP contribution in [0.15, 0.2) is 36.9 Å². The minimum absolute atomic E-state index is 0.0193. The van der Waals surface area contributed by atoms with Gasteiger partial charge in [-0.25, -0.2) is 0 Å². The first kappa shape index (κ1) is 20.6. The van der Waals surface area contributed by atoms with Gasteiger partial charge in [-0.1, -0.05) is 18.2 Å². The molecule has 7 nitrogen and oxygen atoms in total. The highest BCUT2D eigenvalue weighted by atomic mass is 16.5. The molecule has 1 aromatic carbocycles. The van der Waals surface area contributed by atoms with Crippen LogP contribution in [0, 0.1) is 0 Å². The van der Waals surface area contributed by atoms with Crippen LogP contribution in [0.2, 0.25) is 0 Å². The number of amides is 1. The van der Waals surface area contributed by atoms with Crippen LogP contribution in [-0.2, 0) is 30.7 Å². The highest BCUT2D eigenvalue weighted by molar-refractivity contribution is 5.94. The Morgan fingerprint density at radius 1 is 1.40 bits per heavy atom. The summed E-state index contributed by atoms with van der Waals surface area (Å²) < 4.78 is 12.7. The smallest absolute Gasteiger partial charge is 0.274 e. The van der Waals surface area contributed by atoms with E-state index in [1.165, 1.54) is 11.3 Å². The number of aromatic nitrogens is 2. The number of fused-ring (bicyclic) bond motifs is 1. The number of nitrogens with one attached hydrogen (secondary N) is 1. The molecule has 160 valence electrons. The summed E-state index contributed by atoms with van der Waals surface area (Å²) in [6.45, 7) is 7.67. The lowest BCUT2D eigenvalue weighted by Crippen LogP contribution is -2.41. The second-order valence-corrected chi connectivity index (χ2v) is 7.82. The van der Waals surface area contributed by atoms with E-state index < -0.39 is 0 Å². The summed E-state index contributed by atoms with van der Waals surface area (Å²) in [7, 11) is 1.68. The van der Waals surface area contributed by atoms with Crippen LogP contribution in [0.4, 0.5) is 0 Å². The van der Waals surface area contributed by atoms with E-state index in [-0.39, 0.29) is 5.91 Å². The van der Waals surface area contributed by atoms with Gasteiger partial charge in [0.05, 0.1) is 26.9 Å². The minimum Gasteiger partial charge on any atom is -0.497 e. The van der Waals surface area contributed by atoms with Crippen molar-refractivity contribution in [1.82, 2.24) is 20.0 Å². The Morgan fingerprint density at radius 2 is 2.23 bits per heavy atom. The predicted octanol–water partition coefficient (Wildman–Crippen LogP) is 2.20. The number of hydrogen-bond donors (Lipinski definition) is 1. The fourth-order valence-corrected chi connectivity index (χ4v) is 4.27. The number of methoxy groups -OCH3 is 1. The number of nitrogens with zero attached hydrogens (tertiary/aromatic N) is 3. The summed E-state index contributed by atoms with van der Waals surface area (Å²) in [5.41, 5.74) is 4.04. The molecule has 1 N–H and O–H groups in total. The first-order valence-corrected chi connectivity index (χ1v) is 10.6. The summed E-state index contributed by atoms with van der Waals surface area (Å²) in [6.07, 6.45) is 4.57. The van der Waals surface area contributed by atoms with Gasteiger partial charge in [-0.2, -0.15) is 5.10 Å². The molecule has 2 aromatic rings. The lowest BCUT2D eigenvalue weighted by molar-refractivity contribution is 0.0297. The van der Waals surface area contributed by atoms with Crippen molar-refractivity contribution in [2.75, 3.05) is 33.4 Å². The Kier molecular flexibility index (Phi) is 6.50. The zero-order chi connectivity index (χ0) is 20.9. The molecule has 0 unspecified atom stereocenters. The Balaban J connectivity index is 1.50. The molecule has 1 aliphatic heterocycles. The Hall–Kier alpha value is -2.64. The third kappa shape index (κ3) is 4.42. The Morgan fingerprint density at radius 3 is 3.00 bits per heavy atom. The van der Waals surface area contributed by atoms with Crippen LogP contribution in [0.5, 0.6) is 5.75 Å². The summed E-state index contributed by atoms with van der Waals surface area (Å²) in [5.74, 6) is 0.884. The van der Waals surface area contributed by atoms with Crippen molar-refractivity contribution in [3.63, 3.8) is 0 Å². The Labute approximate surface area is 177 Å². The van der Waals surface area contributed by atoms with E-state index >= 15 is 0 Å². The number of allylic oxidation sites excluding steroid dienone is 1. The average Bonchev–Trinajstić information content (AvgIpc) is 3.16. The molecule has 7 heteroatoms. The van der Waals surface area contributed by atoms with E-state index in [1.54, 1.807) is 7.11 Å². The average molecular weight is 411 g/mol. The maximum atomic E-state index is 13.2. The molecule has 0 saturated carbocycles. The zero-order valence-electron chi connectivity index (χ0n) is 17.6. The molecule has 0 radical (unpaired) electrons. The third-order valence-corrected chi connectivity index (χ3v) is 5.88. The fraction of sp³-hybridized carbons (Fsp3) is 0.478. The quantitative estimate of drug-likeness (QED) is 0.709. The lowest BCUT2D eigenvalue weighted by atomic mass is 9.90. The van der Waals surface area contributed by atoms with E-state index in [2.05, 4.69) is 24.0 Å². The molecule has 2 aliphatic rings. The molecule has 1 fully saturated rings. The first-order chi connectivity index (χ1) is 14.7. The largest absolute Gasteiger partial charge is 0.497 e. The highest BCUT2D eigenvalue weighted by Gasteiger charge is 2.31. The highest BCUT2D eigenvalue weighted by Crippen LogP contribution is 2.27. The molecule has 30 heavy (non-hydrogen) atoms. The van der Waals surface area contributed by atoms with Crippen LogP contribution in [0.3, 0.4) is 0 Å². The maximum Gasteiger partial charge on any atom is 0.274 e. The second kappa shape index (κ2) is 9.45. The van der Waals surface area contributed by atoms with Crippen LogP contribution < -0.4 is 10.1 Å². The standard InChI is InChI=1S/C23H30N4O3/c1-3-9-27-21-8-7-18(24-16-17-5-4-6-19(14-17)29-2)15-20(21)22(25-27)23(28)26-10-12-30-13-11-26/h3-6,14,18,24H,1,7-13,15-16H2,2H3/t18-/m0/s1. The normalized spacial score (nSPS) is 18.7. The number of rotatable bonds is 7. The number of ether oxygens (including phenoxy) is 2. The summed E-state index contributed by atoms with van der Waals surface area (Å²) >= 11 is 0. The SMILES string of the molecule is C=CCn1nc(C(=O)N2CCOCC2)c2c1CC[C@H](NCc1cccc(OC)c1)C2.